The van der Waals surface area contributed by atoms with Gasteiger partial charge < -0.3 is 10.7 Å². The second kappa shape index (κ2) is 8.79. The molecule has 4 N–H and O–H groups in total. The summed E-state index contributed by atoms with van der Waals surface area (Å²) in [4.78, 5) is 17.4. The number of rotatable bonds is 5. The van der Waals surface area contributed by atoms with Gasteiger partial charge in [0.25, 0.3) is 0 Å². The molecule has 0 radical (unpaired) electrons. The minimum absolute atomic E-state index is 0.0237. The first-order valence-electron chi connectivity index (χ1n) is 12.8. The molecule has 0 aliphatic heterocycles. The number of hydrogen-bond acceptors (Lipinski definition) is 5. The van der Waals surface area contributed by atoms with E-state index in [0.29, 0.717) is 47.4 Å². The molecule has 182 valence electrons. The van der Waals surface area contributed by atoms with Crippen LogP contribution in [-0.2, 0) is 4.79 Å². The highest BCUT2D eigenvalue weighted by Gasteiger charge is 2.58. The number of nitrogen functional groups attached to an aromatic ring is 1. The molecule has 1 heterocycles. The summed E-state index contributed by atoms with van der Waals surface area (Å²) in [7, 11) is 0. The molecule has 0 amide bonds. The highest BCUT2D eigenvalue weighted by molar-refractivity contribution is 5.87. The SMILES string of the molecule is CC12CCC3C4CCC(C(F)F)CC4CCC3C1CCC2C(=O)CN(N)c1ccncc1N. The molecule has 1 aromatic heterocycles. The number of ketones is 1. The van der Waals surface area contributed by atoms with Gasteiger partial charge in [-0.15, -0.1) is 0 Å². The van der Waals surface area contributed by atoms with Crippen molar-refractivity contribution in [2.45, 2.75) is 71.1 Å². The van der Waals surface area contributed by atoms with Crippen molar-refractivity contribution in [3.8, 4) is 0 Å². The number of pyridine rings is 1. The lowest BCUT2D eigenvalue weighted by Gasteiger charge is -2.56. The Bertz CT molecular complexity index is 882. The monoisotopic (exact) mass is 460 g/mol. The first-order chi connectivity index (χ1) is 15.8. The Morgan fingerprint density at radius 2 is 1.94 bits per heavy atom. The Hall–Kier alpha value is -1.76. The summed E-state index contributed by atoms with van der Waals surface area (Å²) in [5, 5.41) is 1.47. The Balaban J connectivity index is 1.27. The number of nitrogens with zero attached hydrogens (tertiary/aromatic N) is 2. The van der Waals surface area contributed by atoms with E-state index in [0.717, 1.165) is 51.4 Å². The zero-order valence-electron chi connectivity index (χ0n) is 19.6. The normalized spacial score (nSPS) is 40.1. The van der Waals surface area contributed by atoms with E-state index in [1.165, 1.54) is 5.01 Å². The largest absolute Gasteiger partial charge is 0.396 e. The van der Waals surface area contributed by atoms with E-state index in [1.807, 2.05) is 0 Å². The lowest BCUT2D eigenvalue weighted by Crippen LogP contribution is -2.50. The maximum Gasteiger partial charge on any atom is 0.241 e. The predicted octanol–water partition coefficient (Wildman–Crippen LogP) is 5.06. The lowest BCUT2D eigenvalue weighted by atomic mass is 9.49. The van der Waals surface area contributed by atoms with Crippen molar-refractivity contribution in [3.63, 3.8) is 0 Å². The molecule has 4 aliphatic rings. The van der Waals surface area contributed by atoms with Crippen LogP contribution in [-0.4, -0.2) is 23.7 Å². The Morgan fingerprint density at radius 1 is 1.15 bits per heavy atom. The van der Waals surface area contributed by atoms with Crippen LogP contribution in [0.2, 0.25) is 0 Å². The summed E-state index contributed by atoms with van der Waals surface area (Å²) in [5.74, 6) is 9.07. The molecular weight excluding hydrogens is 422 g/mol. The molecule has 33 heavy (non-hydrogen) atoms. The van der Waals surface area contributed by atoms with Crippen LogP contribution in [0, 0.1) is 46.8 Å². The second-order valence-corrected chi connectivity index (χ2v) is 11.5. The number of aromatic nitrogens is 1. The summed E-state index contributed by atoms with van der Waals surface area (Å²) < 4.78 is 26.6. The number of halogens is 2. The van der Waals surface area contributed by atoms with E-state index in [1.54, 1.807) is 18.5 Å². The van der Waals surface area contributed by atoms with Crippen molar-refractivity contribution >= 4 is 17.2 Å². The second-order valence-electron chi connectivity index (χ2n) is 11.5. The van der Waals surface area contributed by atoms with Gasteiger partial charge in [0.05, 0.1) is 24.1 Å². The summed E-state index contributed by atoms with van der Waals surface area (Å²) >= 11 is 0. The van der Waals surface area contributed by atoms with Crippen LogP contribution < -0.4 is 16.6 Å². The van der Waals surface area contributed by atoms with Crippen LogP contribution in [0.1, 0.15) is 64.7 Å². The van der Waals surface area contributed by atoms with Gasteiger partial charge in [-0.2, -0.15) is 0 Å². The van der Waals surface area contributed by atoms with Gasteiger partial charge in [-0.1, -0.05) is 6.92 Å². The van der Waals surface area contributed by atoms with Gasteiger partial charge in [0.1, 0.15) is 0 Å². The van der Waals surface area contributed by atoms with Gasteiger partial charge in [-0.25, -0.2) is 14.6 Å². The Labute approximate surface area is 195 Å². The number of carbonyl (C=O) groups excluding carboxylic acids is 1. The predicted molar refractivity (Wildman–Crippen MR) is 125 cm³/mol. The van der Waals surface area contributed by atoms with E-state index >= 15 is 0 Å². The smallest absolute Gasteiger partial charge is 0.241 e. The van der Waals surface area contributed by atoms with E-state index in [-0.39, 0.29) is 23.7 Å². The third kappa shape index (κ3) is 3.94. The standard InChI is InChI=1S/C26H38F2N4O/c1-26-10-8-18-17-4-3-16(25(27)28)12-15(17)2-5-19(18)20(26)6-7-21(26)24(33)14-32(30)23-9-11-31-13-22(23)29/h9,11,13,15-21,25H,2-8,10,12,14,29-30H2,1H3. The van der Waals surface area contributed by atoms with Gasteiger partial charge in [0.15, 0.2) is 5.78 Å². The van der Waals surface area contributed by atoms with Crippen molar-refractivity contribution in [2.24, 2.45) is 52.7 Å². The number of anilines is 2. The summed E-state index contributed by atoms with van der Waals surface area (Å²) in [5.41, 5.74) is 7.13. The number of nitrogens with two attached hydrogens (primary N) is 2. The van der Waals surface area contributed by atoms with Crippen LogP contribution >= 0.6 is 0 Å². The zero-order valence-corrected chi connectivity index (χ0v) is 19.6. The minimum atomic E-state index is -2.16. The van der Waals surface area contributed by atoms with Crippen molar-refractivity contribution in [1.29, 1.82) is 0 Å². The van der Waals surface area contributed by atoms with Crippen LogP contribution in [0.15, 0.2) is 18.5 Å². The minimum Gasteiger partial charge on any atom is -0.396 e. The molecule has 4 aliphatic carbocycles. The molecule has 7 heteroatoms. The molecule has 4 fully saturated rings. The molecule has 8 atom stereocenters. The fourth-order valence-electron chi connectivity index (χ4n) is 8.67. The molecule has 0 spiro atoms. The average molecular weight is 461 g/mol. The van der Waals surface area contributed by atoms with E-state index in [9.17, 15) is 13.6 Å². The van der Waals surface area contributed by atoms with Gasteiger partial charge in [0.2, 0.25) is 6.43 Å². The van der Waals surface area contributed by atoms with E-state index in [4.69, 9.17) is 11.6 Å². The molecule has 4 saturated carbocycles. The number of hydrazine groups is 1. The molecule has 5 rings (SSSR count). The number of carbonyl (C=O) groups is 1. The van der Waals surface area contributed by atoms with Crippen LogP contribution in [0.25, 0.3) is 0 Å². The quantitative estimate of drug-likeness (QED) is 0.474. The number of Topliss-reactive ketones (excluding diaryl/α,β-unsaturated/α-hetero) is 1. The van der Waals surface area contributed by atoms with E-state index in [2.05, 4.69) is 11.9 Å². The molecule has 8 unspecified atom stereocenters. The van der Waals surface area contributed by atoms with Crippen LogP contribution in [0.4, 0.5) is 20.2 Å². The van der Waals surface area contributed by atoms with Gasteiger partial charge in [0, 0.05) is 18.0 Å². The average Bonchev–Trinajstić information content (AvgIpc) is 3.16. The third-order valence-corrected chi connectivity index (χ3v) is 10.2. The van der Waals surface area contributed by atoms with Gasteiger partial charge >= 0.3 is 0 Å². The summed E-state index contributed by atoms with van der Waals surface area (Å²) in [6, 6.07) is 1.74. The highest BCUT2D eigenvalue weighted by atomic mass is 19.3. The molecule has 5 nitrogen and oxygen atoms in total. The Morgan fingerprint density at radius 3 is 2.70 bits per heavy atom. The lowest BCUT2D eigenvalue weighted by molar-refractivity contribution is -0.129. The summed E-state index contributed by atoms with van der Waals surface area (Å²) in [6.45, 7) is 2.50. The van der Waals surface area contributed by atoms with Crippen molar-refractivity contribution in [2.75, 3.05) is 17.3 Å². The first kappa shape index (κ1) is 23.0. The third-order valence-electron chi connectivity index (χ3n) is 10.2. The fraction of sp³-hybridized carbons (Fsp3) is 0.769. The molecule has 1 aromatic rings. The van der Waals surface area contributed by atoms with Crippen molar-refractivity contribution in [3.05, 3.63) is 18.5 Å². The zero-order chi connectivity index (χ0) is 23.3. The van der Waals surface area contributed by atoms with Gasteiger partial charge in [-0.3, -0.25) is 9.78 Å². The molecule has 0 aromatic carbocycles. The van der Waals surface area contributed by atoms with Crippen molar-refractivity contribution < 1.29 is 13.6 Å². The molecule has 0 bridgehead atoms. The van der Waals surface area contributed by atoms with Crippen molar-refractivity contribution in [1.82, 2.24) is 4.98 Å². The topological polar surface area (TPSA) is 85.2 Å². The Kier molecular flexibility index (Phi) is 6.13. The maximum atomic E-state index is 13.4. The number of alkyl halides is 2. The number of hydrogen-bond donors (Lipinski definition) is 2. The first-order valence-corrected chi connectivity index (χ1v) is 12.8. The van der Waals surface area contributed by atoms with E-state index < -0.39 is 12.3 Å². The fourth-order valence-corrected chi connectivity index (χ4v) is 8.67. The maximum absolute atomic E-state index is 13.4. The van der Waals surface area contributed by atoms with Crippen LogP contribution in [0.3, 0.4) is 0 Å². The molecular formula is C26H38F2N4O. The van der Waals surface area contributed by atoms with Gasteiger partial charge in [-0.05, 0) is 98.9 Å². The van der Waals surface area contributed by atoms with Crippen LogP contribution in [0.5, 0.6) is 0 Å². The summed E-state index contributed by atoms with van der Waals surface area (Å²) in [6.07, 6.45) is 9.91. The number of fused-ring (bicyclic) bond motifs is 5. The highest BCUT2D eigenvalue weighted by Crippen LogP contribution is 2.64. The molecule has 0 saturated heterocycles.